The maximum Gasteiger partial charge on any atom is 0.220 e. The number of nitrogens with one attached hydrogen (secondary N) is 1. The molecule has 3 heteroatoms. The summed E-state index contributed by atoms with van der Waals surface area (Å²) in [5, 5.41) is 3.11. The van der Waals surface area contributed by atoms with Crippen molar-refractivity contribution in [2.45, 2.75) is 45.1 Å². The van der Waals surface area contributed by atoms with Gasteiger partial charge in [0.2, 0.25) is 5.91 Å². The molecule has 1 amide bonds. The maximum absolute atomic E-state index is 11.2. The summed E-state index contributed by atoms with van der Waals surface area (Å²) in [5.41, 5.74) is 0.0506. The molecule has 0 aromatic heterocycles. The second-order valence-electron chi connectivity index (χ2n) is 4.45. The first-order chi connectivity index (χ1) is 6.62. The summed E-state index contributed by atoms with van der Waals surface area (Å²) in [4.78, 5) is 11.2. The quantitative estimate of drug-likeness (QED) is 0.732. The summed E-state index contributed by atoms with van der Waals surface area (Å²) in [6.07, 6.45) is 3.72. The molecule has 0 bridgehead atoms. The van der Waals surface area contributed by atoms with Crippen LogP contribution in [-0.2, 0) is 9.53 Å². The lowest BCUT2D eigenvalue weighted by Crippen LogP contribution is -2.42. The molecule has 3 nitrogen and oxygen atoms in total. The fraction of sp³-hybridized carbons (Fsp3) is 0.909. The number of ether oxygens (including phenoxy) is 1. The number of methoxy groups -OCH3 is 1. The van der Waals surface area contributed by atoms with Crippen molar-refractivity contribution in [2.75, 3.05) is 13.7 Å². The fourth-order valence-electron chi connectivity index (χ4n) is 2.35. The van der Waals surface area contributed by atoms with Gasteiger partial charge >= 0.3 is 0 Å². The van der Waals surface area contributed by atoms with E-state index in [9.17, 15) is 4.79 Å². The van der Waals surface area contributed by atoms with Crippen molar-refractivity contribution in [1.82, 2.24) is 5.32 Å². The van der Waals surface area contributed by atoms with Crippen LogP contribution in [0.25, 0.3) is 0 Å². The Kier molecular flexibility index (Phi) is 3.93. The first-order valence-electron chi connectivity index (χ1n) is 5.42. The van der Waals surface area contributed by atoms with Gasteiger partial charge in [-0.1, -0.05) is 13.8 Å². The molecule has 1 heterocycles. The average Bonchev–Trinajstić information content (AvgIpc) is 2.48. The van der Waals surface area contributed by atoms with E-state index in [1.54, 1.807) is 7.11 Å². The Labute approximate surface area is 86.2 Å². The van der Waals surface area contributed by atoms with Crippen molar-refractivity contribution < 1.29 is 9.53 Å². The predicted molar refractivity (Wildman–Crippen MR) is 56.1 cm³/mol. The SMILES string of the molecule is CCC1(CC(C)COC)CCC(=O)N1. The topological polar surface area (TPSA) is 38.3 Å². The monoisotopic (exact) mass is 199 g/mol. The summed E-state index contributed by atoms with van der Waals surface area (Å²) in [6.45, 7) is 5.09. The van der Waals surface area contributed by atoms with Crippen LogP contribution in [0.5, 0.6) is 0 Å². The van der Waals surface area contributed by atoms with Crippen molar-refractivity contribution >= 4 is 5.91 Å². The van der Waals surface area contributed by atoms with E-state index in [-0.39, 0.29) is 11.4 Å². The van der Waals surface area contributed by atoms with Crippen LogP contribution >= 0.6 is 0 Å². The third-order valence-corrected chi connectivity index (χ3v) is 3.10. The molecular weight excluding hydrogens is 178 g/mol. The van der Waals surface area contributed by atoms with Crippen molar-refractivity contribution in [2.24, 2.45) is 5.92 Å². The van der Waals surface area contributed by atoms with E-state index in [0.717, 1.165) is 25.9 Å². The highest BCUT2D eigenvalue weighted by molar-refractivity contribution is 5.79. The Hall–Kier alpha value is -0.570. The normalized spacial score (nSPS) is 28.9. The average molecular weight is 199 g/mol. The molecule has 0 spiro atoms. The van der Waals surface area contributed by atoms with Crippen molar-refractivity contribution in [1.29, 1.82) is 0 Å². The molecule has 0 aliphatic carbocycles. The van der Waals surface area contributed by atoms with Gasteiger partial charge in [0.1, 0.15) is 0 Å². The number of rotatable bonds is 5. The van der Waals surface area contributed by atoms with Crippen LogP contribution in [0, 0.1) is 5.92 Å². The molecule has 14 heavy (non-hydrogen) atoms. The van der Waals surface area contributed by atoms with E-state index >= 15 is 0 Å². The van der Waals surface area contributed by atoms with Gasteiger partial charge in [0.05, 0.1) is 0 Å². The molecule has 0 aromatic rings. The second-order valence-corrected chi connectivity index (χ2v) is 4.45. The molecule has 1 rings (SSSR count). The molecule has 0 radical (unpaired) electrons. The Bertz CT molecular complexity index is 205. The van der Waals surface area contributed by atoms with Crippen LogP contribution in [0.4, 0.5) is 0 Å². The highest BCUT2D eigenvalue weighted by Gasteiger charge is 2.36. The lowest BCUT2D eigenvalue weighted by molar-refractivity contribution is -0.119. The van der Waals surface area contributed by atoms with Crippen LogP contribution in [0.15, 0.2) is 0 Å². The zero-order valence-corrected chi connectivity index (χ0v) is 9.43. The fourth-order valence-corrected chi connectivity index (χ4v) is 2.35. The lowest BCUT2D eigenvalue weighted by atomic mass is 9.85. The number of amides is 1. The second kappa shape index (κ2) is 4.78. The Morgan fingerprint density at radius 3 is 2.79 bits per heavy atom. The van der Waals surface area contributed by atoms with E-state index in [2.05, 4.69) is 19.2 Å². The van der Waals surface area contributed by atoms with Crippen LogP contribution < -0.4 is 5.32 Å². The summed E-state index contributed by atoms with van der Waals surface area (Å²) in [7, 11) is 1.72. The molecule has 1 aliphatic heterocycles. The minimum Gasteiger partial charge on any atom is -0.384 e. The number of carbonyl (C=O) groups is 1. The van der Waals surface area contributed by atoms with Gasteiger partial charge < -0.3 is 10.1 Å². The van der Waals surface area contributed by atoms with Crippen LogP contribution in [-0.4, -0.2) is 25.2 Å². The summed E-state index contributed by atoms with van der Waals surface area (Å²) in [6, 6.07) is 0. The Morgan fingerprint density at radius 1 is 1.64 bits per heavy atom. The van der Waals surface area contributed by atoms with Gasteiger partial charge in [0, 0.05) is 25.7 Å². The van der Waals surface area contributed by atoms with Crippen molar-refractivity contribution in [3.05, 3.63) is 0 Å². The largest absolute Gasteiger partial charge is 0.384 e. The van der Waals surface area contributed by atoms with E-state index in [1.165, 1.54) is 0 Å². The molecule has 1 aliphatic rings. The minimum atomic E-state index is 0.0506. The van der Waals surface area contributed by atoms with Crippen molar-refractivity contribution in [3.63, 3.8) is 0 Å². The molecule has 1 saturated heterocycles. The zero-order valence-electron chi connectivity index (χ0n) is 9.43. The molecule has 2 atom stereocenters. The van der Waals surface area contributed by atoms with E-state index in [1.807, 2.05) is 0 Å². The lowest BCUT2D eigenvalue weighted by Gasteiger charge is -2.30. The van der Waals surface area contributed by atoms with Crippen LogP contribution in [0.3, 0.4) is 0 Å². The summed E-state index contributed by atoms with van der Waals surface area (Å²) >= 11 is 0. The van der Waals surface area contributed by atoms with Gasteiger partial charge in [-0.15, -0.1) is 0 Å². The smallest absolute Gasteiger partial charge is 0.220 e. The minimum absolute atomic E-state index is 0.0506. The van der Waals surface area contributed by atoms with E-state index in [4.69, 9.17) is 4.74 Å². The van der Waals surface area contributed by atoms with Crippen molar-refractivity contribution in [3.8, 4) is 0 Å². The number of hydrogen-bond donors (Lipinski definition) is 1. The first-order valence-corrected chi connectivity index (χ1v) is 5.42. The summed E-state index contributed by atoms with van der Waals surface area (Å²) in [5.74, 6) is 0.717. The zero-order chi connectivity index (χ0) is 10.6. The van der Waals surface area contributed by atoms with Gasteiger partial charge in [-0.25, -0.2) is 0 Å². The molecule has 0 aromatic carbocycles. The van der Waals surface area contributed by atoms with Crippen LogP contribution in [0.2, 0.25) is 0 Å². The molecule has 2 unspecified atom stereocenters. The van der Waals surface area contributed by atoms with E-state index < -0.39 is 0 Å². The number of carbonyl (C=O) groups excluding carboxylic acids is 1. The molecule has 0 saturated carbocycles. The Morgan fingerprint density at radius 2 is 2.36 bits per heavy atom. The molecule has 82 valence electrons. The maximum atomic E-state index is 11.2. The third kappa shape index (κ3) is 2.71. The van der Waals surface area contributed by atoms with Gasteiger partial charge in [0.25, 0.3) is 0 Å². The predicted octanol–water partition coefficient (Wildman–Crippen LogP) is 1.72. The molecular formula is C11H21NO2. The van der Waals surface area contributed by atoms with Gasteiger partial charge in [-0.05, 0) is 25.2 Å². The summed E-state index contributed by atoms with van der Waals surface area (Å²) < 4.78 is 5.12. The van der Waals surface area contributed by atoms with Gasteiger partial charge in [-0.2, -0.15) is 0 Å². The molecule has 1 N–H and O–H groups in total. The third-order valence-electron chi connectivity index (χ3n) is 3.10. The first kappa shape index (κ1) is 11.5. The van der Waals surface area contributed by atoms with Gasteiger partial charge in [-0.3, -0.25) is 4.79 Å². The highest BCUT2D eigenvalue weighted by Crippen LogP contribution is 2.30. The van der Waals surface area contributed by atoms with Gasteiger partial charge in [0.15, 0.2) is 0 Å². The highest BCUT2D eigenvalue weighted by atomic mass is 16.5. The number of hydrogen-bond acceptors (Lipinski definition) is 2. The standard InChI is InChI=1S/C11H21NO2/c1-4-11(6-5-10(13)12-11)7-9(2)8-14-3/h9H,4-8H2,1-3H3,(H,12,13). The molecule has 1 fully saturated rings. The Balaban J connectivity index is 2.49. The van der Waals surface area contributed by atoms with Crippen LogP contribution in [0.1, 0.15) is 39.5 Å². The van der Waals surface area contributed by atoms with E-state index in [0.29, 0.717) is 12.3 Å².